The predicted octanol–water partition coefficient (Wildman–Crippen LogP) is 1.71. The summed E-state index contributed by atoms with van der Waals surface area (Å²) in [7, 11) is 0. The summed E-state index contributed by atoms with van der Waals surface area (Å²) < 4.78 is 0. The van der Waals surface area contributed by atoms with Crippen molar-refractivity contribution in [3.05, 3.63) is 11.1 Å². The average molecular weight is 266 g/mol. The number of fused-ring (bicyclic) bond motifs is 2. The van der Waals surface area contributed by atoms with Gasteiger partial charge in [0.2, 0.25) is 0 Å². The van der Waals surface area contributed by atoms with Gasteiger partial charge in [0.1, 0.15) is 0 Å². The van der Waals surface area contributed by atoms with E-state index in [1.165, 1.54) is 0 Å². The molecule has 2 saturated carbocycles. The molecular weight excluding hydrogens is 244 g/mol. The van der Waals surface area contributed by atoms with Crippen LogP contribution in [0.4, 0.5) is 0 Å². The van der Waals surface area contributed by atoms with E-state index in [1.807, 2.05) is 6.92 Å². The van der Waals surface area contributed by atoms with Crippen molar-refractivity contribution in [2.75, 3.05) is 6.61 Å². The summed E-state index contributed by atoms with van der Waals surface area (Å²) in [5, 5.41) is 30.0. The Hall–Kier alpha value is -0.870. The molecular formula is C15H22O4. The highest BCUT2D eigenvalue weighted by Crippen LogP contribution is 2.65. The lowest BCUT2D eigenvalue weighted by molar-refractivity contribution is -0.177. The highest BCUT2D eigenvalue weighted by molar-refractivity contribution is 5.75. The molecule has 0 saturated heterocycles. The van der Waals surface area contributed by atoms with Gasteiger partial charge in [-0.1, -0.05) is 5.57 Å². The van der Waals surface area contributed by atoms with Gasteiger partial charge < -0.3 is 15.3 Å². The topological polar surface area (TPSA) is 77.8 Å². The number of hydrogen-bond acceptors (Lipinski definition) is 3. The Morgan fingerprint density at radius 3 is 2.53 bits per heavy atom. The smallest absolute Gasteiger partial charge is 0.309 e. The predicted molar refractivity (Wildman–Crippen MR) is 69.5 cm³/mol. The molecule has 0 heterocycles. The Bertz CT molecular complexity index is 479. The number of aliphatic hydroxyl groups is 2. The number of aliphatic carboxylic acids is 1. The minimum Gasteiger partial charge on any atom is -0.481 e. The van der Waals surface area contributed by atoms with Crippen molar-refractivity contribution in [1.29, 1.82) is 0 Å². The van der Waals surface area contributed by atoms with Crippen LogP contribution in [0, 0.1) is 16.7 Å². The summed E-state index contributed by atoms with van der Waals surface area (Å²) in [6.07, 6.45) is 3.44. The van der Waals surface area contributed by atoms with E-state index in [1.54, 1.807) is 6.92 Å². The number of carboxylic acid groups (broad SMARTS) is 1. The van der Waals surface area contributed by atoms with E-state index in [2.05, 4.69) is 0 Å². The maximum absolute atomic E-state index is 11.4. The Labute approximate surface area is 113 Å². The monoisotopic (exact) mass is 266 g/mol. The van der Waals surface area contributed by atoms with Crippen LogP contribution in [-0.2, 0) is 4.79 Å². The summed E-state index contributed by atoms with van der Waals surface area (Å²) in [6.45, 7) is 3.72. The van der Waals surface area contributed by atoms with E-state index >= 15 is 0 Å². The molecule has 0 amide bonds. The zero-order valence-corrected chi connectivity index (χ0v) is 11.6. The number of hydrogen-bond donors (Lipinski definition) is 3. The zero-order chi connectivity index (χ0) is 14.1. The SMILES string of the molecule is CC1=C2CC(C)(C(=O)O)CC2CC2(CO)CCC12O. The number of carbonyl (C=O) groups is 1. The van der Waals surface area contributed by atoms with Gasteiger partial charge in [-0.15, -0.1) is 0 Å². The van der Waals surface area contributed by atoms with Gasteiger partial charge in [0.05, 0.1) is 17.6 Å². The fourth-order valence-electron chi connectivity index (χ4n) is 4.68. The van der Waals surface area contributed by atoms with Crippen molar-refractivity contribution < 1.29 is 20.1 Å². The van der Waals surface area contributed by atoms with Crippen LogP contribution in [0.15, 0.2) is 11.1 Å². The van der Waals surface area contributed by atoms with Crippen LogP contribution < -0.4 is 0 Å². The van der Waals surface area contributed by atoms with Crippen molar-refractivity contribution >= 4 is 5.97 Å². The first kappa shape index (κ1) is 13.1. The Morgan fingerprint density at radius 1 is 1.37 bits per heavy atom. The lowest BCUT2D eigenvalue weighted by atomic mass is 9.48. The molecule has 4 unspecified atom stereocenters. The molecule has 4 nitrogen and oxygen atoms in total. The van der Waals surface area contributed by atoms with Crippen LogP contribution >= 0.6 is 0 Å². The van der Waals surface area contributed by atoms with Crippen LogP contribution in [0.2, 0.25) is 0 Å². The highest BCUT2D eigenvalue weighted by atomic mass is 16.4. The highest BCUT2D eigenvalue weighted by Gasteiger charge is 2.64. The van der Waals surface area contributed by atoms with E-state index in [0.29, 0.717) is 19.3 Å². The minimum atomic E-state index is -0.892. The van der Waals surface area contributed by atoms with Crippen LogP contribution in [0.5, 0.6) is 0 Å². The molecule has 3 N–H and O–H groups in total. The Kier molecular flexibility index (Phi) is 2.50. The summed E-state index contributed by atoms with van der Waals surface area (Å²) in [5.74, 6) is -0.534. The maximum Gasteiger partial charge on any atom is 0.309 e. The van der Waals surface area contributed by atoms with Crippen molar-refractivity contribution in [2.45, 2.75) is 51.6 Å². The van der Waals surface area contributed by atoms with Crippen molar-refractivity contribution in [1.82, 2.24) is 0 Å². The standard InChI is InChI=1S/C15H22O4/c1-9-11-7-13(2,12(17)18)5-10(11)6-14(8-16)3-4-15(9,14)19/h10,16,19H,3-8H2,1-2H3,(H,17,18). The molecule has 0 aromatic heterocycles. The fraction of sp³-hybridized carbons (Fsp3) is 0.800. The zero-order valence-electron chi connectivity index (χ0n) is 11.6. The average Bonchev–Trinajstić information content (AvgIpc) is 2.70. The molecule has 3 aliphatic rings. The summed E-state index contributed by atoms with van der Waals surface area (Å²) in [6, 6.07) is 0. The first-order valence-corrected chi connectivity index (χ1v) is 7.05. The number of rotatable bonds is 2. The van der Waals surface area contributed by atoms with E-state index in [0.717, 1.165) is 24.0 Å². The van der Waals surface area contributed by atoms with Crippen molar-refractivity contribution in [3.63, 3.8) is 0 Å². The molecule has 0 aromatic carbocycles. The molecule has 4 atom stereocenters. The third kappa shape index (κ3) is 1.39. The second kappa shape index (κ2) is 3.61. The third-order valence-corrected chi connectivity index (χ3v) is 6.17. The maximum atomic E-state index is 11.4. The fourth-order valence-corrected chi connectivity index (χ4v) is 4.68. The summed E-state index contributed by atoms with van der Waals surface area (Å²) in [4.78, 5) is 11.4. The molecule has 3 aliphatic carbocycles. The largest absolute Gasteiger partial charge is 0.481 e. The molecule has 3 rings (SSSR count). The van der Waals surface area contributed by atoms with E-state index in [-0.39, 0.29) is 12.5 Å². The quantitative estimate of drug-likeness (QED) is 0.665. The van der Waals surface area contributed by atoms with Gasteiger partial charge in [0.15, 0.2) is 0 Å². The van der Waals surface area contributed by atoms with Crippen LogP contribution in [-0.4, -0.2) is 33.5 Å². The van der Waals surface area contributed by atoms with Gasteiger partial charge in [-0.2, -0.15) is 0 Å². The minimum absolute atomic E-state index is 0.00555. The molecule has 0 aromatic rings. The first-order valence-electron chi connectivity index (χ1n) is 7.05. The first-order chi connectivity index (χ1) is 8.78. The molecule has 2 fully saturated rings. The lowest BCUT2D eigenvalue weighted by Crippen LogP contribution is -2.62. The van der Waals surface area contributed by atoms with Gasteiger partial charge in [0, 0.05) is 5.41 Å². The van der Waals surface area contributed by atoms with Crippen molar-refractivity contribution in [2.24, 2.45) is 16.7 Å². The van der Waals surface area contributed by atoms with Gasteiger partial charge in [-0.3, -0.25) is 4.79 Å². The molecule has 0 aliphatic heterocycles. The lowest BCUT2D eigenvalue weighted by Gasteiger charge is -2.60. The molecule has 106 valence electrons. The van der Waals surface area contributed by atoms with Crippen LogP contribution in [0.3, 0.4) is 0 Å². The second-order valence-electron chi connectivity index (χ2n) is 7.10. The number of allylic oxidation sites excluding steroid dienone is 1. The van der Waals surface area contributed by atoms with E-state index in [9.17, 15) is 20.1 Å². The molecule has 0 bridgehead atoms. The molecule has 4 heteroatoms. The normalized spacial score (nSPS) is 48.5. The van der Waals surface area contributed by atoms with Crippen LogP contribution in [0.1, 0.15) is 46.0 Å². The molecule has 0 radical (unpaired) electrons. The van der Waals surface area contributed by atoms with E-state index in [4.69, 9.17) is 0 Å². The van der Waals surface area contributed by atoms with Gasteiger partial charge in [-0.05, 0) is 57.4 Å². The number of aliphatic hydroxyl groups excluding tert-OH is 1. The number of carboxylic acids is 1. The summed E-state index contributed by atoms with van der Waals surface area (Å²) >= 11 is 0. The van der Waals surface area contributed by atoms with Crippen LogP contribution in [0.25, 0.3) is 0 Å². The van der Waals surface area contributed by atoms with Gasteiger partial charge in [-0.25, -0.2) is 0 Å². The molecule has 0 spiro atoms. The Morgan fingerprint density at radius 2 is 2.05 bits per heavy atom. The van der Waals surface area contributed by atoms with E-state index < -0.39 is 22.4 Å². The summed E-state index contributed by atoms with van der Waals surface area (Å²) in [5.41, 5.74) is 0.0508. The van der Waals surface area contributed by atoms with Crippen molar-refractivity contribution in [3.8, 4) is 0 Å². The second-order valence-corrected chi connectivity index (χ2v) is 7.10. The third-order valence-electron chi connectivity index (χ3n) is 6.17. The Balaban J connectivity index is 2.03. The van der Waals surface area contributed by atoms with Gasteiger partial charge >= 0.3 is 5.97 Å². The van der Waals surface area contributed by atoms with Gasteiger partial charge in [0.25, 0.3) is 0 Å². The molecule has 19 heavy (non-hydrogen) atoms.